The number of hydrogen-bond acceptors (Lipinski definition) is 2. The zero-order chi connectivity index (χ0) is 14.9. The minimum Gasteiger partial charge on any atom is -0.306 e. The lowest BCUT2D eigenvalue weighted by Gasteiger charge is -2.19. The molecule has 1 aromatic heterocycles. The fourth-order valence-corrected chi connectivity index (χ4v) is 1.76. The lowest BCUT2D eigenvalue weighted by Crippen LogP contribution is -2.35. The van der Waals surface area contributed by atoms with Gasteiger partial charge in [-0.1, -0.05) is 0 Å². The first-order valence-electron chi connectivity index (χ1n) is 6.52. The molecule has 0 aliphatic carbocycles. The number of halogens is 2. The fourth-order valence-electron chi connectivity index (χ4n) is 1.76. The molecule has 2 rings (SSSR count). The van der Waals surface area contributed by atoms with Gasteiger partial charge in [0.2, 0.25) is 0 Å². The molecule has 0 bridgehead atoms. The highest BCUT2D eigenvalue weighted by molar-refractivity contribution is 5.36. The van der Waals surface area contributed by atoms with Gasteiger partial charge in [-0.3, -0.25) is 0 Å². The molecule has 20 heavy (non-hydrogen) atoms. The topological polar surface area (TPSA) is 29.9 Å². The summed E-state index contributed by atoms with van der Waals surface area (Å²) < 4.78 is 28.8. The summed E-state index contributed by atoms with van der Waals surface area (Å²) in [6.07, 6.45) is 1.63. The smallest absolute Gasteiger partial charge is 0.149 e. The molecule has 0 spiro atoms. The van der Waals surface area contributed by atoms with E-state index in [2.05, 4.69) is 31.2 Å². The molecule has 2 aromatic rings. The largest absolute Gasteiger partial charge is 0.306 e. The molecule has 0 aliphatic rings. The third-order valence-electron chi connectivity index (χ3n) is 2.92. The zero-order valence-corrected chi connectivity index (χ0v) is 12.2. The van der Waals surface area contributed by atoms with E-state index in [9.17, 15) is 8.78 Å². The highest BCUT2D eigenvalue weighted by Gasteiger charge is 2.12. The predicted octanol–water partition coefficient (Wildman–Crippen LogP) is 3.35. The maximum Gasteiger partial charge on any atom is 0.149 e. The summed E-state index contributed by atoms with van der Waals surface area (Å²) in [6, 6.07) is 4.13. The summed E-state index contributed by atoms with van der Waals surface area (Å²) in [5.41, 5.74) is 1.16. The van der Waals surface area contributed by atoms with Crippen molar-refractivity contribution in [1.82, 2.24) is 15.1 Å². The van der Waals surface area contributed by atoms with Gasteiger partial charge in [0.1, 0.15) is 17.3 Å². The zero-order valence-electron chi connectivity index (χ0n) is 12.2. The highest BCUT2D eigenvalue weighted by atomic mass is 19.1. The van der Waals surface area contributed by atoms with Crippen LogP contribution in [0.1, 0.15) is 32.0 Å². The molecule has 0 saturated heterocycles. The number of rotatable bonds is 3. The fraction of sp³-hybridized carbons (Fsp3) is 0.400. The molecule has 0 amide bonds. The van der Waals surface area contributed by atoms with Gasteiger partial charge in [-0.25, -0.2) is 13.5 Å². The van der Waals surface area contributed by atoms with Crippen molar-refractivity contribution in [3.63, 3.8) is 0 Å². The first-order chi connectivity index (χ1) is 9.26. The van der Waals surface area contributed by atoms with Crippen LogP contribution in [0.2, 0.25) is 0 Å². The van der Waals surface area contributed by atoms with Crippen LogP contribution in [-0.4, -0.2) is 15.3 Å². The van der Waals surface area contributed by atoms with Gasteiger partial charge in [-0.05, 0) is 45.4 Å². The standard InChI is InChI=1S/C15H19F2N3/c1-10-7-13(17)14(8-12(10)16)20-6-5-11(19-20)9-18-15(2,3)4/h5-8,18H,9H2,1-4H3. The second kappa shape index (κ2) is 5.32. The second-order valence-corrected chi connectivity index (χ2v) is 5.91. The van der Waals surface area contributed by atoms with Gasteiger partial charge in [-0.15, -0.1) is 0 Å². The van der Waals surface area contributed by atoms with Gasteiger partial charge >= 0.3 is 0 Å². The van der Waals surface area contributed by atoms with Crippen molar-refractivity contribution in [3.05, 3.63) is 47.3 Å². The van der Waals surface area contributed by atoms with Crippen LogP contribution in [0.4, 0.5) is 8.78 Å². The van der Waals surface area contributed by atoms with Crippen molar-refractivity contribution in [3.8, 4) is 5.69 Å². The lowest BCUT2D eigenvalue weighted by atomic mass is 10.1. The molecule has 1 N–H and O–H groups in total. The Morgan fingerprint density at radius 3 is 2.55 bits per heavy atom. The van der Waals surface area contributed by atoms with Gasteiger partial charge in [0.25, 0.3) is 0 Å². The lowest BCUT2D eigenvalue weighted by molar-refractivity contribution is 0.420. The first-order valence-corrected chi connectivity index (χ1v) is 6.52. The quantitative estimate of drug-likeness (QED) is 0.933. The van der Waals surface area contributed by atoms with E-state index in [0.717, 1.165) is 5.69 Å². The van der Waals surface area contributed by atoms with E-state index in [1.165, 1.54) is 23.7 Å². The van der Waals surface area contributed by atoms with E-state index >= 15 is 0 Å². The van der Waals surface area contributed by atoms with Crippen LogP contribution in [0.15, 0.2) is 24.4 Å². The summed E-state index contributed by atoms with van der Waals surface area (Å²) in [5.74, 6) is -0.923. The van der Waals surface area contributed by atoms with E-state index in [1.54, 1.807) is 12.3 Å². The van der Waals surface area contributed by atoms with E-state index in [4.69, 9.17) is 0 Å². The molecule has 0 radical (unpaired) electrons. The highest BCUT2D eigenvalue weighted by Crippen LogP contribution is 2.18. The Balaban J connectivity index is 2.23. The minimum absolute atomic E-state index is 0.0228. The Morgan fingerprint density at radius 2 is 1.90 bits per heavy atom. The van der Waals surface area contributed by atoms with Crippen LogP contribution in [0.3, 0.4) is 0 Å². The molecule has 0 saturated carbocycles. The molecular formula is C15H19F2N3. The summed E-state index contributed by atoms with van der Waals surface area (Å²) >= 11 is 0. The van der Waals surface area contributed by atoms with Crippen LogP contribution >= 0.6 is 0 Å². The van der Waals surface area contributed by atoms with Crippen LogP contribution in [0.25, 0.3) is 5.69 Å². The Morgan fingerprint density at radius 1 is 1.20 bits per heavy atom. The van der Waals surface area contributed by atoms with Crippen molar-refractivity contribution in [2.75, 3.05) is 0 Å². The number of hydrogen-bond donors (Lipinski definition) is 1. The molecule has 1 heterocycles. The van der Waals surface area contributed by atoms with Gasteiger partial charge in [-0.2, -0.15) is 5.10 Å². The van der Waals surface area contributed by atoms with E-state index in [1.807, 2.05) is 0 Å². The minimum atomic E-state index is -0.484. The maximum absolute atomic E-state index is 13.9. The average Bonchev–Trinajstić information content (AvgIpc) is 2.79. The van der Waals surface area contributed by atoms with E-state index in [0.29, 0.717) is 6.54 Å². The second-order valence-electron chi connectivity index (χ2n) is 5.91. The third-order valence-corrected chi connectivity index (χ3v) is 2.92. The van der Waals surface area contributed by atoms with E-state index in [-0.39, 0.29) is 16.8 Å². The van der Waals surface area contributed by atoms with Crippen molar-refractivity contribution in [2.45, 2.75) is 39.8 Å². The normalized spacial score (nSPS) is 11.9. The van der Waals surface area contributed by atoms with Crippen molar-refractivity contribution in [2.24, 2.45) is 0 Å². The number of nitrogens with zero attached hydrogens (tertiary/aromatic N) is 2. The van der Waals surface area contributed by atoms with Crippen LogP contribution in [0, 0.1) is 18.6 Å². The van der Waals surface area contributed by atoms with Crippen LogP contribution in [0.5, 0.6) is 0 Å². The SMILES string of the molecule is Cc1cc(F)c(-n2ccc(CNC(C)(C)C)n2)cc1F. The summed E-state index contributed by atoms with van der Waals surface area (Å²) in [5, 5.41) is 7.56. The molecule has 0 atom stereocenters. The molecule has 108 valence electrons. The van der Waals surface area contributed by atoms with Crippen molar-refractivity contribution < 1.29 is 8.78 Å². The van der Waals surface area contributed by atoms with Crippen LogP contribution in [-0.2, 0) is 6.54 Å². The summed E-state index contributed by atoms with van der Waals surface area (Å²) in [6.45, 7) is 8.27. The van der Waals surface area contributed by atoms with Crippen molar-refractivity contribution >= 4 is 0 Å². The number of benzene rings is 1. The predicted molar refractivity (Wildman–Crippen MR) is 74.8 cm³/mol. The number of nitrogens with one attached hydrogen (secondary N) is 1. The summed E-state index contributed by atoms with van der Waals surface area (Å²) in [4.78, 5) is 0. The molecule has 3 nitrogen and oxygen atoms in total. The third kappa shape index (κ3) is 3.42. The maximum atomic E-state index is 13.9. The number of aromatic nitrogens is 2. The Bertz CT molecular complexity index is 612. The van der Waals surface area contributed by atoms with Gasteiger partial charge in [0, 0.05) is 24.3 Å². The number of aryl methyl sites for hydroxylation is 1. The molecule has 5 heteroatoms. The average molecular weight is 279 g/mol. The van der Waals surface area contributed by atoms with Crippen molar-refractivity contribution in [1.29, 1.82) is 0 Å². The van der Waals surface area contributed by atoms with E-state index < -0.39 is 11.6 Å². The monoisotopic (exact) mass is 279 g/mol. The Labute approximate surface area is 117 Å². The molecule has 0 aliphatic heterocycles. The molecular weight excluding hydrogens is 260 g/mol. The van der Waals surface area contributed by atoms with Gasteiger partial charge in [0.05, 0.1) is 5.69 Å². The summed E-state index contributed by atoms with van der Waals surface area (Å²) in [7, 11) is 0. The first kappa shape index (κ1) is 14.7. The van der Waals surface area contributed by atoms with Crippen LogP contribution < -0.4 is 5.32 Å². The molecule has 0 fully saturated rings. The van der Waals surface area contributed by atoms with Gasteiger partial charge in [0.15, 0.2) is 0 Å². The Kier molecular flexibility index (Phi) is 3.90. The van der Waals surface area contributed by atoms with Gasteiger partial charge < -0.3 is 5.32 Å². The molecule has 0 unspecified atom stereocenters. The molecule has 1 aromatic carbocycles. The Hall–Kier alpha value is -1.75.